The van der Waals surface area contributed by atoms with Crippen molar-refractivity contribution >= 4 is 5.91 Å². The van der Waals surface area contributed by atoms with Crippen LogP contribution in [0, 0.1) is 0 Å². The van der Waals surface area contributed by atoms with Crippen LogP contribution in [-0.2, 0) is 14.3 Å². The second-order valence-corrected chi connectivity index (χ2v) is 25.4. The molecule has 1 saturated heterocycles. The Morgan fingerprint density at radius 1 is 0.417 bits per heavy atom. The molecule has 7 unspecified atom stereocenters. The lowest BCUT2D eigenvalue weighted by Gasteiger charge is -2.40. The van der Waals surface area contributed by atoms with Gasteiger partial charge in [-0.2, -0.15) is 0 Å². The molecular formula is C75H139NO8. The van der Waals surface area contributed by atoms with Gasteiger partial charge in [-0.25, -0.2) is 0 Å². The molecule has 1 amide bonds. The summed E-state index contributed by atoms with van der Waals surface area (Å²) in [5.74, 6) is -0.139. The number of ether oxygens (including phenoxy) is 2. The van der Waals surface area contributed by atoms with E-state index < -0.39 is 49.5 Å². The Balaban J connectivity index is 2.09. The first kappa shape index (κ1) is 79.9. The first-order valence-corrected chi connectivity index (χ1v) is 36.5. The van der Waals surface area contributed by atoms with Crippen LogP contribution in [0.3, 0.4) is 0 Å². The van der Waals surface area contributed by atoms with Crippen molar-refractivity contribution in [2.75, 3.05) is 13.2 Å². The molecule has 84 heavy (non-hydrogen) atoms. The fourth-order valence-corrected chi connectivity index (χ4v) is 11.7. The summed E-state index contributed by atoms with van der Waals surface area (Å²) in [6.45, 7) is 3.77. The van der Waals surface area contributed by atoms with Crippen LogP contribution in [0.5, 0.6) is 0 Å². The minimum Gasteiger partial charge on any atom is -0.394 e. The number of hydrogen-bond acceptors (Lipinski definition) is 8. The largest absolute Gasteiger partial charge is 0.394 e. The van der Waals surface area contributed by atoms with Crippen LogP contribution < -0.4 is 5.32 Å². The van der Waals surface area contributed by atoms with Crippen molar-refractivity contribution in [1.82, 2.24) is 5.32 Å². The number of aliphatic hydroxyl groups is 5. The topological polar surface area (TPSA) is 149 Å². The van der Waals surface area contributed by atoms with E-state index in [1.54, 1.807) is 0 Å². The normalized spacial score (nSPS) is 18.5. The van der Waals surface area contributed by atoms with E-state index in [2.05, 4.69) is 79.9 Å². The van der Waals surface area contributed by atoms with E-state index in [4.69, 9.17) is 9.47 Å². The van der Waals surface area contributed by atoms with E-state index in [-0.39, 0.29) is 12.5 Å². The van der Waals surface area contributed by atoms with Gasteiger partial charge < -0.3 is 40.3 Å². The Hall–Kier alpha value is -2.11. The van der Waals surface area contributed by atoms with Gasteiger partial charge >= 0.3 is 0 Å². The first-order chi connectivity index (χ1) is 41.3. The Labute approximate surface area is 519 Å². The molecule has 1 aliphatic rings. The fourth-order valence-electron chi connectivity index (χ4n) is 11.7. The summed E-state index contributed by atoms with van der Waals surface area (Å²) in [4.78, 5) is 13.2. The minimum atomic E-state index is -1.56. The van der Waals surface area contributed by atoms with Gasteiger partial charge in [-0.1, -0.05) is 351 Å². The van der Waals surface area contributed by atoms with Crippen molar-refractivity contribution in [3.05, 3.63) is 60.8 Å². The predicted octanol–water partition coefficient (Wildman–Crippen LogP) is 20.1. The van der Waals surface area contributed by atoms with Crippen molar-refractivity contribution in [3.63, 3.8) is 0 Å². The van der Waals surface area contributed by atoms with E-state index in [0.29, 0.717) is 12.8 Å². The maximum Gasteiger partial charge on any atom is 0.220 e. The second kappa shape index (κ2) is 63.9. The lowest BCUT2D eigenvalue weighted by molar-refractivity contribution is -0.302. The third-order valence-corrected chi connectivity index (χ3v) is 17.4. The van der Waals surface area contributed by atoms with Gasteiger partial charge in [0.15, 0.2) is 6.29 Å². The van der Waals surface area contributed by atoms with E-state index in [1.807, 2.05) is 0 Å². The molecule has 0 aliphatic carbocycles. The summed E-state index contributed by atoms with van der Waals surface area (Å²) in [5, 5.41) is 55.0. The van der Waals surface area contributed by atoms with E-state index >= 15 is 0 Å². The van der Waals surface area contributed by atoms with Gasteiger partial charge in [-0.3, -0.25) is 4.79 Å². The van der Waals surface area contributed by atoms with E-state index in [9.17, 15) is 30.3 Å². The third kappa shape index (κ3) is 51.9. The Morgan fingerprint density at radius 3 is 1.10 bits per heavy atom. The number of unbranched alkanes of at least 4 members (excludes halogenated alkanes) is 44. The molecule has 1 aliphatic heterocycles. The van der Waals surface area contributed by atoms with Crippen molar-refractivity contribution in [1.29, 1.82) is 0 Å². The van der Waals surface area contributed by atoms with Gasteiger partial charge in [0.25, 0.3) is 0 Å². The summed E-state index contributed by atoms with van der Waals surface area (Å²) < 4.78 is 11.4. The summed E-state index contributed by atoms with van der Waals surface area (Å²) in [5.41, 5.74) is 0. The molecule has 9 heteroatoms. The van der Waals surface area contributed by atoms with Crippen molar-refractivity contribution in [2.45, 2.75) is 397 Å². The van der Waals surface area contributed by atoms with Gasteiger partial charge in [0.2, 0.25) is 5.91 Å². The predicted molar refractivity (Wildman–Crippen MR) is 359 cm³/mol. The highest BCUT2D eigenvalue weighted by Crippen LogP contribution is 2.24. The quantitative estimate of drug-likeness (QED) is 0.0261. The van der Waals surface area contributed by atoms with Gasteiger partial charge in [0, 0.05) is 6.42 Å². The van der Waals surface area contributed by atoms with Crippen LogP contribution in [0.4, 0.5) is 0 Å². The van der Waals surface area contributed by atoms with Gasteiger partial charge in [0.1, 0.15) is 24.4 Å². The highest BCUT2D eigenvalue weighted by atomic mass is 16.7. The number of aliphatic hydroxyl groups excluding tert-OH is 5. The third-order valence-electron chi connectivity index (χ3n) is 17.4. The number of amides is 1. The number of nitrogens with one attached hydrogen (secondary N) is 1. The highest BCUT2D eigenvalue weighted by molar-refractivity contribution is 5.76. The SMILES string of the molecule is CC/C=C\C/C=C\C/C=C\C/C=C\C/C=C\CCCCCCCCCCCCCCCCCCCC(=O)NC(COC1OC(CO)C(O)C(O)C1O)C(O)CCCCCCCCCCCCCCCCCCCCCCCCCCCCCC. The smallest absolute Gasteiger partial charge is 0.220 e. The van der Waals surface area contributed by atoms with Gasteiger partial charge in [-0.05, 0) is 57.8 Å². The lowest BCUT2D eigenvalue weighted by Crippen LogP contribution is -2.60. The molecule has 1 heterocycles. The van der Waals surface area contributed by atoms with Crippen LogP contribution in [0.25, 0.3) is 0 Å². The van der Waals surface area contributed by atoms with Crippen molar-refractivity contribution in [2.24, 2.45) is 0 Å². The maximum atomic E-state index is 13.2. The van der Waals surface area contributed by atoms with E-state index in [0.717, 1.165) is 70.6 Å². The summed E-state index contributed by atoms with van der Waals surface area (Å²) in [6, 6.07) is -0.722. The van der Waals surface area contributed by atoms with Crippen LogP contribution in [0.1, 0.15) is 354 Å². The van der Waals surface area contributed by atoms with Crippen LogP contribution >= 0.6 is 0 Å². The highest BCUT2D eigenvalue weighted by Gasteiger charge is 2.44. The number of hydrogen-bond donors (Lipinski definition) is 6. The molecule has 9 nitrogen and oxygen atoms in total. The molecule has 1 fully saturated rings. The zero-order chi connectivity index (χ0) is 60.7. The van der Waals surface area contributed by atoms with Crippen LogP contribution in [0.15, 0.2) is 60.8 Å². The molecule has 0 radical (unpaired) electrons. The average Bonchev–Trinajstić information content (AvgIpc) is 3.70. The average molecular weight is 1180 g/mol. The number of carbonyl (C=O) groups is 1. The standard InChI is InChI=1S/C75H139NO8/c1-3-5-7-9-11-13-15-17-19-21-23-25-27-29-31-33-34-35-36-37-39-41-43-45-47-49-51-53-55-57-59-61-63-65-71(79)76-68(67-83-75-74(82)73(81)72(80)70(66-77)84-75)69(78)64-62-60-58-56-54-52-50-48-46-44-42-40-38-32-30-28-26-24-22-20-18-16-14-12-10-8-6-4-2/h5,7,11,13,17,19,23,25,29,31,68-70,72-75,77-78,80-82H,3-4,6,8-10,12,14-16,18,20-22,24,26-28,30,32-67H2,1-2H3,(H,76,79)/b7-5-,13-11-,19-17-,25-23-,31-29-. The van der Waals surface area contributed by atoms with Crippen LogP contribution in [-0.4, -0.2) is 87.5 Å². The van der Waals surface area contributed by atoms with Gasteiger partial charge in [0.05, 0.1) is 25.4 Å². The summed E-state index contributed by atoms with van der Waals surface area (Å²) in [7, 11) is 0. The zero-order valence-electron chi connectivity index (χ0n) is 55.2. The molecule has 0 bridgehead atoms. The minimum absolute atomic E-state index is 0.136. The lowest BCUT2D eigenvalue weighted by atomic mass is 9.99. The van der Waals surface area contributed by atoms with Crippen molar-refractivity contribution in [3.8, 4) is 0 Å². The van der Waals surface area contributed by atoms with Crippen molar-refractivity contribution < 1.29 is 39.8 Å². The first-order valence-electron chi connectivity index (χ1n) is 36.5. The molecule has 492 valence electrons. The molecule has 1 rings (SSSR count). The zero-order valence-corrected chi connectivity index (χ0v) is 55.2. The van der Waals surface area contributed by atoms with Crippen LogP contribution in [0.2, 0.25) is 0 Å². The fraction of sp³-hybridized carbons (Fsp3) is 0.853. The monoisotopic (exact) mass is 1180 g/mol. The van der Waals surface area contributed by atoms with E-state index in [1.165, 1.54) is 257 Å². The molecule has 0 aromatic rings. The maximum absolute atomic E-state index is 13.2. The molecular weight excluding hydrogens is 1040 g/mol. The molecule has 0 saturated carbocycles. The summed E-state index contributed by atoms with van der Waals surface area (Å²) >= 11 is 0. The Kier molecular flexibility index (Phi) is 60.8. The number of allylic oxidation sites excluding steroid dienone is 10. The molecule has 0 aromatic carbocycles. The number of carbonyl (C=O) groups excluding carboxylic acids is 1. The molecule has 0 aromatic heterocycles. The second-order valence-electron chi connectivity index (χ2n) is 25.4. The number of rotatable bonds is 64. The molecule has 6 N–H and O–H groups in total. The molecule has 0 spiro atoms. The Morgan fingerprint density at radius 2 is 0.738 bits per heavy atom. The van der Waals surface area contributed by atoms with Gasteiger partial charge in [-0.15, -0.1) is 0 Å². The molecule has 7 atom stereocenters. The Bertz CT molecular complexity index is 1510. The summed E-state index contributed by atoms with van der Waals surface area (Å²) in [6.07, 6.45) is 81.5.